The van der Waals surface area contributed by atoms with Crippen molar-refractivity contribution >= 4 is 44.7 Å². The summed E-state index contributed by atoms with van der Waals surface area (Å²) < 4.78 is 13.8. The largest absolute Gasteiger partial charge is 0.576 e. The number of rotatable bonds is 1. The van der Waals surface area contributed by atoms with Gasteiger partial charge < -0.3 is 9.76 Å². The molecule has 2 atom stereocenters. The predicted octanol–water partition coefficient (Wildman–Crippen LogP) is 6.11. The molecule has 1 aliphatic heterocycles. The van der Waals surface area contributed by atoms with Gasteiger partial charge in [0, 0.05) is 21.8 Å². The van der Waals surface area contributed by atoms with Crippen LogP contribution in [0, 0.1) is 5.21 Å². The first kappa shape index (κ1) is 18.7. The summed E-state index contributed by atoms with van der Waals surface area (Å²) in [5.74, 6) is -0.0689. The highest BCUT2D eigenvalue weighted by Crippen LogP contribution is 2.41. The second-order valence-electron chi connectivity index (χ2n) is 8.27. The molecule has 4 heteroatoms. The van der Waals surface area contributed by atoms with Gasteiger partial charge in [0.25, 0.3) is 17.1 Å². The summed E-state index contributed by atoms with van der Waals surface area (Å²) in [6.45, 7) is 0. The van der Waals surface area contributed by atoms with Gasteiger partial charge in [-0.15, -0.1) is 0 Å². The van der Waals surface area contributed by atoms with Gasteiger partial charge in [0.1, 0.15) is 0 Å². The Hall–Kier alpha value is -3.08. The summed E-state index contributed by atoms with van der Waals surface area (Å²) >= 11 is -1.76. The first-order valence-corrected chi connectivity index (χ1v) is 11.8. The smallest absolute Gasteiger partial charge is 0.283 e. The average molecular weight is 424 g/mol. The number of aryl methyl sites for hydroxylation is 1. The molecule has 0 saturated heterocycles. The molecule has 4 aromatic carbocycles. The average Bonchev–Trinajstić information content (AvgIpc) is 2.95. The van der Waals surface area contributed by atoms with E-state index in [-0.39, 0.29) is 5.92 Å². The highest BCUT2D eigenvalue weighted by Gasteiger charge is 2.37. The van der Waals surface area contributed by atoms with E-state index in [0.29, 0.717) is 10.6 Å². The summed E-state index contributed by atoms with van der Waals surface area (Å²) in [5.41, 5.74) is 3.95. The molecule has 0 saturated carbocycles. The number of benzene rings is 4. The van der Waals surface area contributed by atoms with Crippen LogP contribution in [0.25, 0.3) is 27.6 Å². The fraction of sp³-hybridized carbons (Fsp3) is 0.148. The van der Waals surface area contributed by atoms with Crippen LogP contribution in [0.15, 0.2) is 83.8 Å². The van der Waals surface area contributed by atoms with Gasteiger partial charge in [-0.2, -0.15) is 0 Å². The van der Waals surface area contributed by atoms with E-state index in [2.05, 4.69) is 48.5 Å². The molecule has 6 rings (SSSR count). The summed E-state index contributed by atoms with van der Waals surface area (Å²) in [5, 5.41) is 18.1. The van der Waals surface area contributed by atoms with E-state index < -0.39 is 11.4 Å². The van der Waals surface area contributed by atoms with Crippen LogP contribution in [0.4, 0.5) is 0 Å². The van der Waals surface area contributed by atoms with Crippen LogP contribution >= 0.6 is 0 Å². The molecule has 1 aliphatic carbocycles. The Kier molecular flexibility index (Phi) is 4.37. The van der Waals surface area contributed by atoms with E-state index in [1.54, 1.807) is 6.07 Å². The maximum Gasteiger partial charge on any atom is 0.283 e. The van der Waals surface area contributed by atoms with Gasteiger partial charge in [0.15, 0.2) is 0 Å². The maximum atomic E-state index is 13.3. The minimum absolute atomic E-state index is 0.0689. The van der Waals surface area contributed by atoms with Gasteiger partial charge in [-0.3, -0.25) is 0 Å². The van der Waals surface area contributed by atoms with Crippen molar-refractivity contribution in [2.45, 2.75) is 30.1 Å². The lowest BCUT2D eigenvalue weighted by atomic mass is 9.77. The fourth-order valence-corrected chi connectivity index (χ4v) is 6.26. The number of nitrogens with zero attached hydrogens (tertiary/aromatic N) is 1. The monoisotopic (exact) mass is 423 g/mol. The zero-order valence-electron chi connectivity index (χ0n) is 17.0. The predicted molar refractivity (Wildman–Crippen MR) is 128 cm³/mol. The van der Waals surface area contributed by atoms with E-state index in [4.69, 9.17) is 0 Å². The standard InChI is InChI=1S/C27H21NO2S/c29-28-25(17-14-19-7-2-4-11-26(19)31(28)30)24-10-5-8-20-13-15-22-21-9-3-1-6-18(21)12-16-23(22)27(20)24/h1-4,6-7,9,11-17,24H,5,8,10H2. The van der Waals surface area contributed by atoms with Crippen LogP contribution in [0.2, 0.25) is 0 Å². The molecule has 0 aromatic heterocycles. The fourth-order valence-electron chi connectivity index (χ4n) is 5.16. The highest BCUT2D eigenvalue weighted by atomic mass is 32.2. The number of fused-ring (bicyclic) bond motifs is 6. The van der Waals surface area contributed by atoms with Crippen molar-refractivity contribution in [3.05, 3.63) is 101 Å². The first-order valence-electron chi connectivity index (χ1n) is 10.7. The summed E-state index contributed by atoms with van der Waals surface area (Å²) in [4.78, 5) is 0.573. The number of allylic oxidation sites excluding steroid dienone is 1. The van der Waals surface area contributed by atoms with Crippen molar-refractivity contribution in [2.75, 3.05) is 0 Å². The molecule has 31 heavy (non-hydrogen) atoms. The van der Waals surface area contributed by atoms with Crippen molar-refractivity contribution in [1.82, 2.24) is 0 Å². The molecule has 0 spiro atoms. The lowest BCUT2D eigenvalue weighted by Crippen LogP contribution is -2.28. The van der Waals surface area contributed by atoms with Crippen molar-refractivity contribution in [3.8, 4) is 0 Å². The molecule has 2 unspecified atom stereocenters. The second-order valence-corrected chi connectivity index (χ2v) is 9.54. The van der Waals surface area contributed by atoms with Crippen LogP contribution in [-0.4, -0.2) is 14.4 Å². The van der Waals surface area contributed by atoms with Crippen LogP contribution in [0.3, 0.4) is 0 Å². The summed E-state index contributed by atoms with van der Waals surface area (Å²) in [6.07, 6.45) is 6.73. The number of hydrogen-bond acceptors (Lipinski definition) is 2. The molecule has 0 radical (unpaired) electrons. The zero-order valence-corrected chi connectivity index (χ0v) is 17.8. The van der Waals surface area contributed by atoms with Crippen molar-refractivity contribution < 1.29 is 8.70 Å². The molecule has 1 heterocycles. The highest BCUT2D eigenvalue weighted by molar-refractivity contribution is 7.85. The van der Waals surface area contributed by atoms with E-state index >= 15 is 0 Å². The quantitative estimate of drug-likeness (QED) is 0.160. The third-order valence-electron chi connectivity index (χ3n) is 6.60. The summed E-state index contributed by atoms with van der Waals surface area (Å²) in [6, 6.07) is 24.7. The molecule has 0 N–H and O–H groups in total. The minimum Gasteiger partial charge on any atom is -0.576 e. The van der Waals surface area contributed by atoms with Gasteiger partial charge in [-0.1, -0.05) is 60.7 Å². The lowest BCUT2D eigenvalue weighted by molar-refractivity contribution is -0.281. The Labute approximate surface area is 184 Å². The molecule has 0 fully saturated rings. The Morgan fingerprint density at radius 1 is 0.806 bits per heavy atom. The molecule has 3 nitrogen and oxygen atoms in total. The normalized spacial score (nSPS) is 20.5. The topological polar surface area (TPSA) is 49.1 Å². The Bertz CT molecular complexity index is 1410. The third kappa shape index (κ3) is 2.90. The van der Waals surface area contributed by atoms with Crippen molar-refractivity contribution in [1.29, 1.82) is 0 Å². The molecule has 152 valence electrons. The van der Waals surface area contributed by atoms with E-state index in [9.17, 15) is 9.76 Å². The van der Waals surface area contributed by atoms with Crippen LogP contribution in [-0.2, 0) is 17.8 Å². The van der Waals surface area contributed by atoms with Crippen LogP contribution in [0.1, 0.15) is 35.4 Å². The molecule has 2 aliphatic rings. The van der Waals surface area contributed by atoms with E-state index in [1.165, 1.54) is 32.7 Å². The van der Waals surface area contributed by atoms with Crippen molar-refractivity contribution in [3.63, 3.8) is 0 Å². The molecule has 0 amide bonds. The molecule has 4 aromatic rings. The Morgan fingerprint density at radius 2 is 1.61 bits per heavy atom. The van der Waals surface area contributed by atoms with E-state index in [1.807, 2.05) is 30.4 Å². The maximum absolute atomic E-state index is 13.3. The molecular weight excluding hydrogens is 402 g/mol. The minimum atomic E-state index is -1.76. The van der Waals surface area contributed by atoms with Gasteiger partial charge in [-0.05, 0) is 64.1 Å². The summed E-state index contributed by atoms with van der Waals surface area (Å²) in [7, 11) is 0. The van der Waals surface area contributed by atoms with Crippen LogP contribution < -0.4 is 0 Å². The van der Waals surface area contributed by atoms with Crippen molar-refractivity contribution in [2.24, 2.45) is 0 Å². The van der Waals surface area contributed by atoms with Gasteiger partial charge >= 0.3 is 0 Å². The van der Waals surface area contributed by atoms with Gasteiger partial charge in [0.2, 0.25) is 4.90 Å². The molecule has 0 bridgehead atoms. The van der Waals surface area contributed by atoms with Gasteiger partial charge in [-0.25, -0.2) is 0 Å². The SMILES string of the molecule is [O-][N+]1=C(C2CCCc3ccc4c(ccc5ccccc54)c32)C=Cc2ccccc2[S+]1[O-]. The third-order valence-corrected chi connectivity index (χ3v) is 7.86. The Balaban J connectivity index is 1.59. The number of hydrogen-bond donors (Lipinski definition) is 0. The Morgan fingerprint density at radius 3 is 2.55 bits per heavy atom. The zero-order chi connectivity index (χ0) is 20.9. The van der Waals surface area contributed by atoms with Gasteiger partial charge in [0.05, 0.1) is 5.92 Å². The second kappa shape index (κ2) is 7.26. The lowest BCUT2D eigenvalue weighted by Gasteiger charge is -2.26. The molecular formula is C27H21NO2S. The first-order chi connectivity index (χ1) is 15.2. The van der Waals surface area contributed by atoms with Crippen LogP contribution in [0.5, 0.6) is 0 Å². The van der Waals surface area contributed by atoms with E-state index in [0.717, 1.165) is 29.0 Å².